The normalized spacial score (nSPS) is 17.9. The molecule has 2 heteroatoms. The number of hydrogen-bond acceptors (Lipinski definition) is 2. The topological polar surface area (TPSA) is 26.0 Å². The molecule has 0 bridgehead atoms. The van der Waals surface area contributed by atoms with Crippen LogP contribution in [0.5, 0.6) is 0 Å². The minimum absolute atomic E-state index is 0.143. The smallest absolute Gasteiger partial charge is 0.144 e. The van der Waals surface area contributed by atoms with Gasteiger partial charge in [0.15, 0.2) is 0 Å². The Labute approximate surface area is 139 Å². The Kier molecular flexibility index (Phi) is 1.72. The van der Waals surface area contributed by atoms with Crippen molar-refractivity contribution in [3.8, 4) is 11.3 Å². The van der Waals surface area contributed by atoms with Gasteiger partial charge >= 0.3 is 0 Å². The largest absolute Gasteiger partial charge is 0.455 e. The summed E-state index contributed by atoms with van der Waals surface area (Å²) in [5, 5.41) is 1.80. The molecule has 0 aliphatic heterocycles. The molecule has 4 rings (SSSR count). The van der Waals surface area contributed by atoms with Crippen molar-refractivity contribution in [1.82, 2.24) is 4.98 Å². The highest BCUT2D eigenvalue weighted by atomic mass is 16.3. The van der Waals surface area contributed by atoms with E-state index in [1.807, 2.05) is 36.4 Å². The van der Waals surface area contributed by atoms with E-state index in [2.05, 4.69) is 4.98 Å². The van der Waals surface area contributed by atoms with E-state index < -0.39 is 19.6 Å². The van der Waals surface area contributed by atoms with Crippen LogP contribution in [0.1, 0.15) is 34.8 Å². The van der Waals surface area contributed by atoms with Gasteiger partial charge in [-0.1, -0.05) is 44.0 Å². The quantitative estimate of drug-likeness (QED) is 0.469. The highest BCUT2D eigenvalue weighted by Gasteiger charge is 2.13. The number of nitrogens with zero attached hydrogens (tertiary/aromatic N) is 1. The zero-order valence-electron chi connectivity index (χ0n) is 18.6. The molecule has 0 radical (unpaired) electrons. The van der Waals surface area contributed by atoms with Gasteiger partial charge in [-0.2, -0.15) is 0 Å². The fourth-order valence-electron chi connectivity index (χ4n) is 2.68. The SMILES string of the molecule is [2H]C([2H])([2H])C([2H])(c1ccnc(-c2cccc3c2oc2ccccc23)c1)C([2H])([2H])[2H]. The minimum atomic E-state index is -3.05. The zero-order valence-corrected chi connectivity index (χ0v) is 11.6. The van der Waals surface area contributed by atoms with E-state index in [0.29, 0.717) is 22.4 Å². The summed E-state index contributed by atoms with van der Waals surface area (Å²) in [6.45, 7) is -6.11. The molecule has 22 heavy (non-hydrogen) atoms. The third kappa shape index (κ3) is 2.00. The van der Waals surface area contributed by atoms with E-state index in [1.165, 1.54) is 18.3 Å². The molecule has 0 aliphatic carbocycles. The third-order valence-electron chi connectivity index (χ3n) is 3.73. The van der Waals surface area contributed by atoms with Gasteiger partial charge in [-0.15, -0.1) is 0 Å². The van der Waals surface area contributed by atoms with E-state index in [4.69, 9.17) is 14.0 Å². The maximum atomic E-state index is 8.40. The maximum absolute atomic E-state index is 8.40. The zero-order chi connectivity index (χ0) is 21.0. The monoisotopic (exact) mass is 294 g/mol. The molecule has 0 saturated carbocycles. The Morgan fingerprint density at radius 2 is 1.91 bits per heavy atom. The second-order valence-corrected chi connectivity index (χ2v) is 5.09. The summed E-state index contributed by atoms with van der Waals surface area (Å²) in [5.41, 5.74) is 2.06. The summed E-state index contributed by atoms with van der Waals surface area (Å²) >= 11 is 0. The molecule has 0 fully saturated rings. The van der Waals surface area contributed by atoms with Gasteiger partial charge in [-0.05, 0) is 35.7 Å². The van der Waals surface area contributed by atoms with Gasteiger partial charge in [0.25, 0.3) is 0 Å². The molecule has 0 spiro atoms. The van der Waals surface area contributed by atoms with Gasteiger partial charge in [0.05, 0.1) is 5.69 Å². The van der Waals surface area contributed by atoms with Crippen LogP contribution in [-0.2, 0) is 0 Å². The number of rotatable bonds is 2. The first-order valence-electron chi connectivity index (χ1n) is 10.4. The molecule has 2 aromatic carbocycles. The van der Waals surface area contributed by atoms with Crippen molar-refractivity contribution in [2.24, 2.45) is 0 Å². The highest BCUT2D eigenvalue weighted by molar-refractivity contribution is 6.09. The molecule has 108 valence electrons. The Balaban J connectivity index is 1.95. The van der Waals surface area contributed by atoms with Crippen LogP contribution in [0.15, 0.2) is 65.2 Å². The number of fused-ring (bicyclic) bond motifs is 3. The van der Waals surface area contributed by atoms with E-state index in [-0.39, 0.29) is 5.56 Å². The van der Waals surface area contributed by atoms with Gasteiger partial charge in [0, 0.05) is 32.1 Å². The summed E-state index contributed by atoms with van der Waals surface area (Å²) < 4.78 is 60.6. The average Bonchev–Trinajstić information content (AvgIpc) is 3.04. The Morgan fingerprint density at radius 3 is 2.82 bits per heavy atom. The van der Waals surface area contributed by atoms with Crippen molar-refractivity contribution in [2.75, 3.05) is 0 Å². The summed E-state index contributed by atoms with van der Waals surface area (Å²) in [5.74, 6) is -2.78. The number of benzene rings is 2. The standard InChI is InChI=1S/C20H17NO/c1-13(2)14-10-11-21-18(12-14)17-8-5-7-16-15-6-3-4-9-19(15)22-20(16)17/h3-13H,1-2H3/i1D3,2D3,13D. The van der Waals surface area contributed by atoms with E-state index in [9.17, 15) is 0 Å². The molecule has 4 aromatic rings. The van der Waals surface area contributed by atoms with E-state index in [0.717, 1.165) is 10.8 Å². The van der Waals surface area contributed by atoms with E-state index in [1.54, 1.807) is 6.07 Å². The summed E-state index contributed by atoms with van der Waals surface area (Å²) in [7, 11) is 0. The number of para-hydroxylation sites is 2. The fourth-order valence-corrected chi connectivity index (χ4v) is 2.68. The minimum Gasteiger partial charge on any atom is -0.455 e. The van der Waals surface area contributed by atoms with Crippen LogP contribution in [-0.4, -0.2) is 4.98 Å². The summed E-state index contributed by atoms with van der Waals surface area (Å²) in [4.78, 5) is 4.30. The molecule has 2 nitrogen and oxygen atoms in total. The third-order valence-corrected chi connectivity index (χ3v) is 3.73. The number of aromatic nitrogens is 1. The predicted molar refractivity (Wildman–Crippen MR) is 91.0 cm³/mol. The van der Waals surface area contributed by atoms with Crippen molar-refractivity contribution < 1.29 is 14.0 Å². The lowest BCUT2D eigenvalue weighted by atomic mass is 10.0. The van der Waals surface area contributed by atoms with Crippen molar-refractivity contribution in [1.29, 1.82) is 0 Å². The molecule has 0 unspecified atom stereocenters. The van der Waals surface area contributed by atoms with Gasteiger partial charge in [-0.3, -0.25) is 4.98 Å². The van der Waals surface area contributed by atoms with Crippen LogP contribution >= 0.6 is 0 Å². The average molecular weight is 294 g/mol. The van der Waals surface area contributed by atoms with Gasteiger partial charge in [0.2, 0.25) is 0 Å². The van der Waals surface area contributed by atoms with Crippen molar-refractivity contribution >= 4 is 21.9 Å². The van der Waals surface area contributed by atoms with Crippen LogP contribution in [0.4, 0.5) is 0 Å². The Bertz CT molecular complexity index is 1190. The number of pyridine rings is 1. The Morgan fingerprint density at radius 1 is 1.05 bits per heavy atom. The van der Waals surface area contributed by atoms with E-state index >= 15 is 0 Å². The molecular formula is C20H17NO. The highest BCUT2D eigenvalue weighted by Crippen LogP contribution is 2.35. The molecule has 2 aromatic heterocycles. The summed E-state index contributed by atoms with van der Waals surface area (Å²) in [6.07, 6.45) is 1.33. The van der Waals surface area contributed by atoms with Crippen LogP contribution < -0.4 is 0 Å². The molecular weight excluding hydrogens is 270 g/mol. The van der Waals surface area contributed by atoms with Crippen molar-refractivity contribution in [3.05, 3.63) is 66.4 Å². The second kappa shape index (κ2) is 4.99. The van der Waals surface area contributed by atoms with Crippen LogP contribution in [0.25, 0.3) is 33.2 Å². The molecule has 0 aliphatic rings. The van der Waals surface area contributed by atoms with Crippen molar-refractivity contribution in [2.45, 2.75) is 19.6 Å². The number of hydrogen-bond donors (Lipinski definition) is 0. The lowest BCUT2D eigenvalue weighted by molar-refractivity contribution is 0.670. The first-order valence-corrected chi connectivity index (χ1v) is 6.91. The molecule has 0 N–H and O–H groups in total. The van der Waals surface area contributed by atoms with Crippen LogP contribution in [0, 0.1) is 0 Å². The lowest BCUT2D eigenvalue weighted by Crippen LogP contribution is -1.90. The number of furan rings is 1. The van der Waals surface area contributed by atoms with Crippen LogP contribution in [0.3, 0.4) is 0 Å². The molecule has 2 heterocycles. The molecule has 0 saturated heterocycles. The fraction of sp³-hybridized carbons (Fsp3) is 0.150. The predicted octanol–water partition coefficient (Wildman–Crippen LogP) is 5.77. The summed E-state index contributed by atoms with van der Waals surface area (Å²) in [6, 6.07) is 15.7. The first kappa shape index (κ1) is 7.59. The molecule has 0 atom stereocenters. The lowest BCUT2D eigenvalue weighted by Gasteiger charge is -2.07. The first-order chi connectivity index (χ1) is 13.5. The maximum Gasteiger partial charge on any atom is 0.144 e. The van der Waals surface area contributed by atoms with Crippen molar-refractivity contribution in [3.63, 3.8) is 0 Å². The van der Waals surface area contributed by atoms with Gasteiger partial charge in [-0.25, -0.2) is 0 Å². The van der Waals surface area contributed by atoms with Gasteiger partial charge in [0.1, 0.15) is 11.2 Å². The van der Waals surface area contributed by atoms with Crippen LogP contribution in [0.2, 0.25) is 0 Å². The Hall–Kier alpha value is -2.61. The molecule has 0 amide bonds. The second-order valence-electron chi connectivity index (χ2n) is 5.09. The van der Waals surface area contributed by atoms with Gasteiger partial charge < -0.3 is 4.42 Å².